The lowest BCUT2D eigenvalue weighted by molar-refractivity contribution is 0.590. The van der Waals surface area contributed by atoms with Gasteiger partial charge in [-0.25, -0.2) is 8.42 Å². The molecule has 0 saturated heterocycles. The zero-order valence-corrected chi connectivity index (χ0v) is 14.7. The average Bonchev–Trinajstić information content (AvgIpc) is 3.23. The molecule has 6 nitrogen and oxygen atoms in total. The molecule has 2 N–H and O–H groups in total. The first-order chi connectivity index (χ1) is 11.6. The van der Waals surface area contributed by atoms with Gasteiger partial charge in [0, 0.05) is 26.2 Å². The van der Waals surface area contributed by atoms with E-state index in [1.165, 1.54) is 4.31 Å². The van der Waals surface area contributed by atoms with E-state index in [9.17, 15) is 8.42 Å². The minimum absolute atomic E-state index is 0.0466. The fraction of sp³-hybridized carbons (Fsp3) is 0.471. The van der Waals surface area contributed by atoms with Gasteiger partial charge in [0.15, 0.2) is 5.96 Å². The first-order valence-electron chi connectivity index (χ1n) is 8.30. The average molecular weight is 348 g/mol. The zero-order valence-electron chi connectivity index (χ0n) is 13.9. The molecule has 0 fully saturated rings. The summed E-state index contributed by atoms with van der Waals surface area (Å²) in [6.07, 6.45) is 7.01. The highest BCUT2D eigenvalue weighted by Crippen LogP contribution is 2.29. The number of fused-ring (bicyclic) bond motifs is 1. The van der Waals surface area contributed by atoms with Crippen molar-refractivity contribution in [3.63, 3.8) is 0 Å². The number of aliphatic imine (C=N–C) groups is 1. The molecular weight excluding hydrogens is 324 g/mol. The summed E-state index contributed by atoms with van der Waals surface area (Å²) in [5, 5.41) is 6.41. The summed E-state index contributed by atoms with van der Waals surface area (Å²) in [5.74, 6) is 0.700. The lowest BCUT2D eigenvalue weighted by Gasteiger charge is -2.21. The van der Waals surface area contributed by atoms with Crippen LogP contribution in [0.5, 0.6) is 0 Å². The van der Waals surface area contributed by atoms with Gasteiger partial charge in [-0.2, -0.15) is 0 Å². The molecule has 0 radical (unpaired) electrons. The maximum absolute atomic E-state index is 12.6. The molecule has 7 heteroatoms. The molecule has 2 aliphatic rings. The Morgan fingerprint density at radius 2 is 2.04 bits per heavy atom. The number of rotatable bonds is 5. The monoisotopic (exact) mass is 348 g/mol. The van der Waals surface area contributed by atoms with Crippen LogP contribution in [0.3, 0.4) is 0 Å². The van der Waals surface area contributed by atoms with E-state index in [0.29, 0.717) is 25.1 Å². The van der Waals surface area contributed by atoms with Gasteiger partial charge < -0.3 is 10.6 Å². The Hall–Kier alpha value is -2.02. The van der Waals surface area contributed by atoms with E-state index in [1.54, 1.807) is 7.05 Å². The summed E-state index contributed by atoms with van der Waals surface area (Å²) in [7, 11) is -1.63. The summed E-state index contributed by atoms with van der Waals surface area (Å²) in [6.45, 7) is 0.864. The van der Waals surface area contributed by atoms with Crippen molar-refractivity contribution in [3.8, 4) is 0 Å². The third-order valence-corrected chi connectivity index (χ3v) is 6.18. The van der Waals surface area contributed by atoms with Crippen molar-refractivity contribution in [2.75, 3.05) is 30.2 Å². The van der Waals surface area contributed by atoms with Crippen LogP contribution in [0.25, 0.3) is 0 Å². The van der Waals surface area contributed by atoms with Gasteiger partial charge in [0.05, 0.1) is 11.4 Å². The Balaban J connectivity index is 1.54. The quantitative estimate of drug-likeness (QED) is 0.477. The van der Waals surface area contributed by atoms with Crippen LogP contribution in [0, 0.1) is 0 Å². The second-order valence-electron chi connectivity index (χ2n) is 6.05. The third kappa shape index (κ3) is 3.72. The van der Waals surface area contributed by atoms with Gasteiger partial charge in [0.1, 0.15) is 0 Å². The predicted molar refractivity (Wildman–Crippen MR) is 97.9 cm³/mol. The summed E-state index contributed by atoms with van der Waals surface area (Å²) < 4.78 is 26.8. The van der Waals surface area contributed by atoms with Crippen LogP contribution in [0.1, 0.15) is 18.4 Å². The normalized spacial score (nSPS) is 18.0. The van der Waals surface area contributed by atoms with Crippen LogP contribution >= 0.6 is 0 Å². The molecule has 1 aromatic carbocycles. The Labute approximate surface area is 143 Å². The topological polar surface area (TPSA) is 73.8 Å². The Morgan fingerprint density at radius 3 is 2.79 bits per heavy atom. The molecule has 1 aliphatic heterocycles. The molecule has 0 atom stereocenters. The maximum Gasteiger partial charge on any atom is 0.236 e. The first kappa shape index (κ1) is 16.8. The number of sulfonamides is 1. The Bertz CT molecular complexity index is 735. The van der Waals surface area contributed by atoms with Gasteiger partial charge in [-0.05, 0) is 30.9 Å². The van der Waals surface area contributed by atoms with E-state index < -0.39 is 10.0 Å². The molecule has 0 spiro atoms. The minimum atomic E-state index is -3.33. The summed E-state index contributed by atoms with van der Waals surface area (Å²) in [6, 6.07) is 8.04. The zero-order chi connectivity index (χ0) is 17.0. The van der Waals surface area contributed by atoms with Crippen LogP contribution in [-0.2, 0) is 16.4 Å². The number of benzene rings is 1. The highest BCUT2D eigenvalue weighted by Gasteiger charge is 2.28. The van der Waals surface area contributed by atoms with Crippen LogP contribution < -0.4 is 14.9 Å². The van der Waals surface area contributed by atoms with E-state index in [4.69, 9.17) is 0 Å². The number of nitrogens with zero attached hydrogens (tertiary/aromatic N) is 2. The van der Waals surface area contributed by atoms with Gasteiger partial charge in [0.25, 0.3) is 0 Å². The molecule has 0 saturated carbocycles. The van der Waals surface area contributed by atoms with Crippen molar-refractivity contribution in [2.45, 2.75) is 25.3 Å². The molecule has 0 unspecified atom stereocenters. The molecule has 1 aliphatic carbocycles. The fourth-order valence-electron chi connectivity index (χ4n) is 3.13. The lowest BCUT2D eigenvalue weighted by atomic mass is 10.2. The van der Waals surface area contributed by atoms with Gasteiger partial charge in [-0.1, -0.05) is 30.4 Å². The number of hydrogen-bond acceptors (Lipinski definition) is 3. The SMILES string of the molecule is CN=C(NCCS(=O)(=O)N1CCc2ccccc21)NC1CC=CC1. The second kappa shape index (κ2) is 7.25. The van der Waals surface area contributed by atoms with E-state index in [2.05, 4.69) is 27.8 Å². The molecule has 0 aromatic heterocycles. The first-order valence-corrected chi connectivity index (χ1v) is 9.91. The summed E-state index contributed by atoms with van der Waals surface area (Å²) in [5.41, 5.74) is 1.91. The van der Waals surface area contributed by atoms with Crippen LogP contribution in [0.2, 0.25) is 0 Å². The van der Waals surface area contributed by atoms with E-state index in [1.807, 2.05) is 24.3 Å². The van der Waals surface area contributed by atoms with Gasteiger partial charge in [-0.3, -0.25) is 9.30 Å². The molecule has 0 bridgehead atoms. The van der Waals surface area contributed by atoms with Gasteiger partial charge in [-0.15, -0.1) is 0 Å². The molecule has 3 rings (SSSR count). The summed E-state index contributed by atoms with van der Waals surface area (Å²) >= 11 is 0. The van der Waals surface area contributed by atoms with Gasteiger partial charge in [0.2, 0.25) is 10.0 Å². The minimum Gasteiger partial charge on any atom is -0.355 e. The second-order valence-corrected chi connectivity index (χ2v) is 8.06. The molecule has 24 heavy (non-hydrogen) atoms. The van der Waals surface area contributed by atoms with E-state index >= 15 is 0 Å². The molecule has 130 valence electrons. The fourth-order valence-corrected chi connectivity index (χ4v) is 4.56. The van der Waals surface area contributed by atoms with Crippen molar-refractivity contribution >= 4 is 21.7 Å². The Morgan fingerprint density at radius 1 is 1.29 bits per heavy atom. The molecule has 1 aromatic rings. The lowest BCUT2D eigenvalue weighted by Crippen LogP contribution is -2.45. The molecule has 1 heterocycles. The maximum atomic E-state index is 12.6. The number of hydrogen-bond donors (Lipinski definition) is 2. The van der Waals surface area contributed by atoms with Crippen molar-refractivity contribution in [1.82, 2.24) is 10.6 Å². The number of nitrogens with one attached hydrogen (secondary N) is 2. The highest BCUT2D eigenvalue weighted by molar-refractivity contribution is 7.92. The predicted octanol–water partition coefficient (Wildman–Crippen LogP) is 1.26. The number of para-hydroxylation sites is 1. The third-order valence-electron chi connectivity index (χ3n) is 4.41. The van der Waals surface area contributed by atoms with Crippen LogP contribution in [0.15, 0.2) is 41.4 Å². The summed E-state index contributed by atoms with van der Waals surface area (Å²) in [4.78, 5) is 4.16. The van der Waals surface area contributed by atoms with Crippen molar-refractivity contribution in [3.05, 3.63) is 42.0 Å². The van der Waals surface area contributed by atoms with Crippen molar-refractivity contribution in [2.24, 2.45) is 4.99 Å². The molecular formula is C17H24N4O2S. The van der Waals surface area contributed by atoms with E-state index in [0.717, 1.165) is 30.5 Å². The molecule has 0 amide bonds. The van der Waals surface area contributed by atoms with Crippen molar-refractivity contribution in [1.29, 1.82) is 0 Å². The highest BCUT2D eigenvalue weighted by atomic mass is 32.2. The largest absolute Gasteiger partial charge is 0.355 e. The number of anilines is 1. The smallest absolute Gasteiger partial charge is 0.236 e. The van der Waals surface area contributed by atoms with E-state index in [-0.39, 0.29) is 5.75 Å². The van der Waals surface area contributed by atoms with Crippen LogP contribution in [0.4, 0.5) is 5.69 Å². The Kier molecular flexibility index (Phi) is 5.08. The van der Waals surface area contributed by atoms with Crippen molar-refractivity contribution < 1.29 is 8.42 Å². The van der Waals surface area contributed by atoms with Crippen LogP contribution in [-0.4, -0.2) is 46.3 Å². The standard InChI is InChI=1S/C17H24N4O2S/c1-18-17(20-15-7-3-4-8-15)19-11-13-24(22,23)21-12-10-14-6-2-5-9-16(14)21/h2-6,9,15H,7-8,10-13H2,1H3,(H2,18,19,20). The van der Waals surface area contributed by atoms with Gasteiger partial charge >= 0.3 is 0 Å². The number of guanidine groups is 1.